The highest BCUT2D eigenvalue weighted by Gasteiger charge is 2.28. The minimum atomic E-state index is 0.613. The van der Waals surface area contributed by atoms with E-state index in [1.54, 1.807) is 0 Å². The van der Waals surface area contributed by atoms with Crippen molar-refractivity contribution < 1.29 is 0 Å². The predicted octanol–water partition coefficient (Wildman–Crippen LogP) is 7.42. The van der Waals surface area contributed by atoms with Gasteiger partial charge in [-0.25, -0.2) is 4.98 Å². The zero-order valence-electron chi connectivity index (χ0n) is 21.6. The van der Waals surface area contributed by atoms with E-state index in [4.69, 9.17) is 4.98 Å². The molecule has 5 aromatic rings. The molecule has 4 aromatic carbocycles. The van der Waals surface area contributed by atoms with Gasteiger partial charge in [-0.3, -0.25) is 4.90 Å². The number of para-hydroxylation sites is 3. The van der Waals surface area contributed by atoms with Crippen molar-refractivity contribution in [2.45, 2.75) is 25.4 Å². The molecule has 1 saturated heterocycles. The van der Waals surface area contributed by atoms with Crippen molar-refractivity contribution in [3.63, 3.8) is 0 Å². The quantitative estimate of drug-likeness (QED) is 0.274. The molecule has 0 bridgehead atoms. The number of pyridine rings is 1. The molecule has 7 rings (SSSR count). The van der Waals surface area contributed by atoms with Crippen LogP contribution in [0.5, 0.6) is 0 Å². The summed E-state index contributed by atoms with van der Waals surface area (Å²) in [5.41, 5.74) is 9.62. The monoisotopic (exact) mass is 496 g/mol. The molecule has 1 fully saturated rings. The molecule has 3 heterocycles. The first-order chi connectivity index (χ1) is 18.8. The molecular formula is C34H32N4. The van der Waals surface area contributed by atoms with Gasteiger partial charge >= 0.3 is 0 Å². The van der Waals surface area contributed by atoms with Gasteiger partial charge in [-0.1, -0.05) is 84.9 Å². The summed E-state index contributed by atoms with van der Waals surface area (Å²) in [6.07, 6.45) is 2.41. The normalized spacial score (nSPS) is 15.9. The zero-order chi connectivity index (χ0) is 25.3. The second-order valence-electron chi connectivity index (χ2n) is 10.5. The van der Waals surface area contributed by atoms with Crippen LogP contribution in [-0.4, -0.2) is 35.7 Å². The number of anilines is 2. The molecule has 2 aliphatic rings. The number of benzene rings is 4. The van der Waals surface area contributed by atoms with E-state index in [1.165, 1.54) is 46.3 Å². The van der Waals surface area contributed by atoms with E-state index in [-0.39, 0.29) is 0 Å². The Kier molecular flexibility index (Phi) is 6.03. The van der Waals surface area contributed by atoms with Crippen LogP contribution in [0.4, 0.5) is 11.4 Å². The highest BCUT2D eigenvalue weighted by Crippen LogP contribution is 2.36. The Labute approximate surface area is 224 Å². The summed E-state index contributed by atoms with van der Waals surface area (Å²) in [6.45, 7) is 4.21. The Balaban J connectivity index is 1.07. The van der Waals surface area contributed by atoms with Crippen molar-refractivity contribution in [3.05, 3.63) is 115 Å². The molecule has 2 aliphatic heterocycles. The third-order valence-corrected chi connectivity index (χ3v) is 8.09. The second kappa shape index (κ2) is 9.96. The Morgan fingerprint density at radius 2 is 1.47 bits per heavy atom. The summed E-state index contributed by atoms with van der Waals surface area (Å²) in [5.74, 6) is 0. The minimum Gasteiger partial charge on any atom is -0.366 e. The van der Waals surface area contributed by atoms with E-state index in [1.807, 2.05) is 0 Å². The predicted molar refractivity (Wildman–Crippen MR) is 158 cm³/mol. The summed E-state index contributed by atoms with van der Waals surface area (Å²) >= 11 is 0. The van der Waals surface area contributed by atoms with Gasteiger partial charge in [-0.15, -0.1) is 0 Å². The van der Waals surface area contributed by atoms with Crippen LogP contribution >= 0.6 is 0 Å². The zero-order valence-corrected chi connectivity index (χ0v) is 21.6. The summed E-state index contributed by atoms with van der Waals surface area (Å²) in [6, 6.07) is 39.6. The van der Waals surface area contributed by atoms with Crippen molar-refractivity contribution in [1.82, 2.24) is 9.88 Å². The molecular weight excluding hydrogens is 464 g/mol. The Morgan fingerprint density at radius 1 is 0.737 bits per heavy atom. The van der Waals surface area contributed by atoms with Gasteiger partial charge in [-0.2, -0.15) is 0 Å². The summed E-state index contributed by atoms with van der Waals surface area (Å²) in [5, 5.41) is 4.72. The minimum absolute atomic E-state index is 0.613. The average Bonchev–Trinajstić information content (AvgIpc) is 3.42. The van der Waals surface area contributed by atoms with Crippen molar-refractivity contribution in [2.24, 2.45) is 0 Å². The topological polar surface area (TPSA) is 31.4 Å². The van der Waals surface area contributed by atoms with Gasteiger partial charge in [0.2, 0.25) is 0 Å². The summed E-state index contributed by atoms with van der Waals surface area (Å²) < 4.78 is 0. The first-order valence-electron chi connectivity index (χ1n) is 13.7. The van der Waals surface area contributed by atoms with Crippen molar-refractivity contribution in [3.8, 4) is 22.4 Å². The molecule has 0 saturated carbocycles. The highest BCUT2D eigenvalue weighted by molar-refractivity contribution is 5.91. The number of likely N-dealkylation sites (tertiary alicyclic amines) is 1. The van der Waals surface area contributed by atoms with Crippen molar-refractivity contribution in [2.75, 3.05) is 30.0 Å². The fourth-order valence-corrected chi connectivity index (χ4v) is 6.04. The molecule has 0 aliphatic carbocycles. The first kappa shape index (κ1) is 23.0. The molecule has 0 spiro atoms. The molecule has 0 amide bonds. The van der Waals surface area contributed by atoms with Gasteiger partial charge in [0.1, 0.15) is 0 Å². The molecule has 1 N–H and O–H groups in total. The third kappa shape index (κ3) is 4.42. The smallest absolute Gasteiger partial charge is 0.0880 e. The molecule has 38 heavy (non-hydrogen) atoms. The van der Waals surface area contributed by atoms with E-state index in [2.05, 4.69) is 124 Å². The van der Waals surface area contributed by atoms with Gasteiger partial charge in [0.25, 0.3) is 0 Å². The standard InChI is InChI=1S/C34H32N4/c1-2-8-27(9-3-1)34-30(22-28-10-4-5-11-31(28)36-34)26-16-14-25(15-17-26)23-37-20-18-29(19-21-37)38-24-35-32-12-6-7-13-33(32)38/h1-17,22,29,35H,18-21,23-24H2. The van der Waals surface area contributed by atoms with Crippen LogP contribution in [0, 0.1) is 0 Å². The number of hydrogen-bond acceptors (Lipinski definition) is 4. The molecule has 0 unspecified atom stereocenters. The Bertz CT molecular complexity index is 1550. The number of nitrogens with zero attached hydrogens (tertiary/aromatic N) is 3. The maximum Gasteiger partial charge on any atom is 0.0880 e. The van der Waals surface area contributed by atoms with E-state index >= 15 is 0 Å². The van der Waals surface area contributed by atoms with E-state index in [9.17, 15) is 0 Å². The number of piperidine rings is 1. The fraction of sp³-hybridized carbons (Fsp3) is 0.206. The second-order valence-corrected chi connectivity index (χ2v) is 10.5. The highest BCUT2D eigenvalue weighted by atomic mass is 15.3. The molecule has 188 valence electrons. The number of fused-ring (bicyclic) bond motifs is 2. The van der Waals surface area contributed by atoms with Gasteiger partial charge in [-0.05, 0) is 48.2 Å². The first-order valence-corrected chi connectivity index (χ1v) is 13.7. The lowest BCUT2D eigenvalue weighted by molar-refractivity contribution is 0.202. The van der Waals surface area contributed by atoms with Gasteiger partial charge in [0.05, 0.1) is 29.3 Å². The number of aromatic nitrogens is 1. The summed E-state index contributed by atoms with van der Waals surface area (Å²) in [4.78, 5) is 10.2. The van der Waals surface area contributed by atoms with Crippen LogP contribution < -0.4 is 10.2 Å². The Hall–Kier alpha value is -4.15. The van der Waals surface area contributed by atoms with Crippen LogP contribution in [0.2, 0.25) is 0 Å². The largest absolute Gasteiger partial charge is 0.366 e. The molecule has 0 radical (unpaired) electrons. The van der Waals surface area contributed by atoms with Gasteiger partial charge in [0, 0.05) is 42.2 Å². The number of rotatable bonds is 5. The fourth-order valence-electron chi connectivity index (χ4n) is 6.04. The molecule has 4 nitrogen and oxygen atoms in total. The molecule has 4 heteroatoms. The Morgan fingerprint density at radius 3 is 2.32 bits per heavy atom. The van der Waals surface area contributed by atoms with E-state index in [0.717, 1.165) is 43.1 Å². The van der Waals surface area contributed by atoms with Gasteiger partial charge in [0.15, 0.2) is 0 Å². The molecule has 0 atom stereocenters. The number of nitrogens with one attached hydrogen (secondary N) is 1. The van der Waals surface area contributed by atoms with Crippen LogP contribution in [0.1, 0.15) is 18.4 Å². The van der Waals surface area contributed by atoms with Crippen molar-refractivity contribution in [1.29, 1.82) is 0 Å². The van der Waals surface area contributed by atoms with Crippen molar-refractivity contribution >= 4 is 22.3 Å². The SMILES string of the molecule is c1ccc(-c2nc3ccccc3cc2-c2ccc(CN3CCC(N4CNc5ccccc54)CC3)cc2)cc1. The number of hydrogen-bond donors (Lipinski definition) is 1. The lowest BCUT2D eigenvalue weighted by Crippen LogP contribution is -2.44. The van der Waals surface area contributed by atoms with Crippen LogP contribution in [0.3, 0.4) is 0 Å². The summed E-state index contributed by atoms with van der Waals surface area (Å²) in [7, 11) is 0. The maximum atomic E-state index is 5.07. The molecule has 1 aromatic heterocycles. The van der Waals surface area contributed by atoms with Crippen LogP contribution in [0.15, 0.2) is 109 Å². The van der Waals surface area contributed by atoms with Crippen LogP contribution in [0.25, 0.3) is 33.3 Å². The van der Waals surface area contributed by atoms with Gasteiger partial charge < -0.3 is 10.2 Å². The van der Waals surface area contributed by atoms with E-state index < -0.39 is 0 Å². The lowest BCUT2D eigenvalue weighted by atomic mass is 9.96. The lowest BCUT2D eigenvalue weighted by Gasteiger charge is -2.37. The third-order valence-electron chi connectivity index (χ3n) is 8.09. The van der Waals surface area contributed by atoms with E-state index in [0.29, 0.717) is 6.04 Å². The average molecular weight is 497 g/mol. The van der Waals surface area contributed by atoms with Crippen LogP contribution in [-0.2, 0) is 6.54 Å². The maximum absolute atomic E-state index is 5.07.